The molecule has 2 heterocycles. The molecule has 0 aromatic carbocycles. The third-order valence-corrected chi connectivity index (χ3v) is 3.84. The van der Waals surface area contributed by atoms with Crippen LogP contribution in [0.15, 0.2) is 18.3 Å². The van der Waals surface area contributed by atoms with Gasteiger partial charge in [0.05, 0.1) is 5.56 Å². The van der Waals surface area contributed by atoms with E-state index in [2.05, 4.69) is 16.9 Å². The van der Waals surface area contributed by atoms with E-state index in [9.17, 15) is 13.2 Å². The van der Waals surface area contributed by atoms with E-state index in [1.165, 1.54) is 6.07 Å². The van der Waals surface area contributed by atoms with Gasteiger partial charge in [-0.15, -0.1) is 0 Å². The molecule has 0 N–H and O–H groups in total. The lowest BCUT2D eigenvalue weighted by atomic mass is 9.97. The number of halogens is 3. The molecule has 20 heavy (non-hydrogen) atoms. The number of hydrogen-bond donors (Lipinski definition) is 0. The number of piperidine rings is 1. The third-order valence-electron chi connectivity index (χ3n) is 3.84. The molecule has 0 unspecified atom stereocenters. The van der Waals surface area contributed by atoms with Gasteiger partial charge in [-0.2, -0.15) is 13.2 Å². The lowest BCUT2D eigenvalue weighted by Gasteiger charge is -2.32. The molecule has 0 saturated carbocycles. The number of pyridine rings is 1. The standard InChI is InChI=1S/C14H20F3N3/c1-19-7-5-11(6-8-19)10-20(2)13-4-3-12(9-18-13)14(15,16)17/h3-4,9,11H,5-8,10H2,1-2H3. The predicted octanol–water partition coefficient (Wildman–Crippen LogP) is 2.88. The summed E-state index contributed by atoms with van der Waals surface area (Å²) in [6.45, 7) is 3.00. The number of rotatable bonds is 3. The van der Waals surface area contributed by atoms with Crippen molar-refractivity contribution in [2.24, 2.45) is 5.92 Å². The summed E-state index contributed by atoms with van der Waals surface area (Å²) >= 11 is 0. The maximum absolute atomic E-state index is 12.5. The van der Waals surface area contributed by atoms with Crippen LogP contribution in [0.1, 0.15) is 18.4 Å². The van der Waals surface area contributed by atoms with Crippen molar-refractivity contribution in [1.82, 2.24) is 9.88 Å². The molecular formula is C14H20F3N3. The maximum Gasteiger partial charge on any atom is 0.417 e. The average Bonchev–Trinajstić information content (AvgIpc) is 2.40. The van der Waals surface area contributed by atoms with Crippen molar-refractivity contribution < 1.29 is 13.2 Å². The molecule has 0 spiro atoms. The largest absolute Gasteiger partial charge is 0.417 e. The van der Waals surface area contributed by atoms with E-state index in [1.54, 1.807) is 0 Å². The van der Waals surface area contributed by atoms with Crippen molar-refractivity contribution in [3.63, 3.8) is 0 Å². The second-order valence-electron chi connectivity index (χ2n) is 5.53. The fourth-order valence-electron chi connectivity index (χ4n) is 2.51. The number of likely N-dealkylation sites (tertiary alicyclic amines) is 1. The zero-order chi connectivity index (χ0) is 14.8. The van der Waals surface area contributed by atoms with Crippen molar-refractivity contribution in [2.75, 3.05) is 38.6 Å². The summed E-state index contributed by atoms with van der Waals surface area (Å²) in [6, 6.07) is 2.53. The lowest BCUT2D eigenvalue weighted by Crippen LogP contribution is -2.36. The van der Waals surface area contributed by atoms with Crippen LogP contribution in [0.25, 0.3) is 0 Å². The molecule has 1 fully saturated rings. The molecule has 0 amide bonds. The Morgan fingerprint density at radius 2 is 1.95 bits per heavy atom. The predicted molar refractivity (Wildman–Crippen MR) is 72.7 cm³/mol. The molecule has 0 atom stereocenters. The van der Waals surface area contributed by atoms with E-state index in [1.807, 2.05) is 11.9 Å². The van der Waals surface area contributed by atoms with Gasteiger partial charge in [0.2, 0.25) is 0 Å². The van der Waals surface area contributed by atoms with Crippen LogP contribution in [0.5, 0.6) is 0 Å². The highest BCUT2D eigenvalue weighted by atomic mass is 19.4. The second-order valence-corrected chi connectivity index (χ2v) is 5.53. The van der Waals surface area contributed by atoms with Crippen molar-refractivity contribution in [3.05, 3.63) is 23.9 Å². The molecule has 1 saturated heterocycles. The first kappa shape index (κ1) is 15.1. The molecule has 2 rings (SSSR count). The SMILES string of the molecule is CN1CCC(CN(C)c2ccc(C(F)(F)F)cn2)CC1. The molecule has 0 bridgehead atoms. The van der Waals surface area contributed by atoms with Crippen LogP contribution in [-0.4, -0.2) is 43.6 Å². The van der Waals surface area contributed by atoms with E-state index < -0.39 is 11.7 Å². The Kier molecular flexibility index (Phi) is 4.52. The Balaban J connectivity index is 1.94. The van der Waals surface area contributed by atoms with Gasteiger partial charge in [-0.05, 0) is 51.0 Å². The second kappa shape index (κ2) is 5.99. The van der Waals surface area contributed by atoms with Crippen molar-refractivity contribution in [2.45, 2.75) is 19.0 Å². The fourth-order valence-corrected chi connectivity index (χ4v) is 2.51. The quantitative estimate of drug-likeness (QED) is 0.852. The number of anilines is 1. The zero-order valence-corrected chi connectivity index (χ0v) is 11.8. The number of hydrogen-bond acceptors (Lipinski definition) is 3. The molecule has 1 aromatic heterocycles. The number of alkyl halides is 3. The minimum Gasteiger partial charge on any atom is -0.359 e. The molecule has 1 aliphatic heterocycles. The summed E-state index contributed by atoms with van der Waals surface area (Å²) < 4.78 is 37.4. The molecule has 1 aliphatic rings. The van der Waals surface area contributed by atoms with Gasteiger partial charge in [0.1, 0.15) is 5.82 Å². The molecule has 1 aromatic rings. The average molecular weight is 287 g/mol. The summed E-state index contributed by atoms with van der Waals surface area (Å²) in [5.41, 5.74) is -0.700. The monoisotopic (exact) mass is 287 g/mol. The van der Waals surface area contributed by atoms with Crippen LogP contribution in [0.3, 0.4) is 0 Å². The fraction of sp³-hybridized carbons (Fsp3) is 0.643. The van der Waals surface area contributed by atoms with Gasteiger partial charge in [-0.25, -0.2) is 4.98 Å². The molecule has 3 nitrogen and oxygen atoms in total. The highest BCUT2D eigenvalue weighted by Gasteiger charge is 2.30. The molecule has 0 aliphatic carbocycles. The maximum atomic E-state index is 12.5. The van der Waals surface area contributed by atoms with Gasteiger partial charge >= 0.3 is 6.18 Å². The van der Waals surface area contributed by atoms with E-state index in [4.69, 9.17) is 0 Å². The summed E-state index contributed by atoms with van der Waals surface area (Å²) in [7, 11) is 3.99. The topological polar surface area (TPSA) is 19.4 Å². The summed E-state index contributed by atoms with van der Waals surface area (Å²) in [6.07, 6.45) is -1.17. The Bertz CT molecular complexity index is 422. The highest BCUT2D eigenvalue weighted by molar-refractivity contribution is 5.38. The summed E-state index contributed by atoms with van der Waals surface area (Å²) in [5, 5.41) is 0. The first-order valence-corrected chi connectivity index (χ1v) is 6.79. The summed E-state index contributed by atoms with van der Waals surface area (Å²) in [5.74, 6) is 1.18. The number of nitrogens with zero attached hydrogens (tertiary/aromatic N) is 3. The van der Waals surface area contributed by atoms with E-state index >= 15 is 0 Å². The van der Waals surface area contributed by atoms with Gasteiger partial charge in [0.15, 0.2) is 0 Å². The Labute approximate surface area is 117 Å². The van der Waals surface area contributed by atoms with Crippen LogP contribution in [0.4, 0.5) is 19.0 Å². The first-order chi connectivity index (χ1) is 9.36. The van der Waals surface area contributed by atoms with E-state index in [0.29, 0.717) is 11.7 Å². The smallest absolute Gasteiger partial charge is 0.359 e. The van der Waals surface area contributed by atoms with Gasteiger partial charge in [0.25, 0.3) is 0 Å². The van der Waals surface area contributed by atoms with Gasteiger partial charge in [0, 0.05) is 19.8 Å². The van der Waals surface area contributed by atoms with Crippen LogP contribution in [0, 0.1) is 5.92 Å². The Hall–Kier alpha value is -1.30. The van der Waals surface area contributed by atoms with Gasteiger partial charge in [-0.3, -0.25) is 0 Å². The molecular weight excluding hydrogens is 267 g/mol. The third kappa shape index (κ3) is 3.85. The normalized spacial score (nSPS) is 18.2. The summed E-state index contributed by atoms with van der Waals surface area (Å²) in [4.78, 5) is 8.16. The molecule has 112 valence electrons. The van der Waals surface area contributed by atoms with E-state index in [-0.39, 0.29) is 0 Å². The van der Waals surface area contributed by atoms with E-state index in [0.717, 1.165) is 44.7 Å². The highest BCUT2D eigenvalue weighted by Crippen LogP contribution is 2.29. The van der Waals surface area contributed by atoms with Crippen LogP contribution in [-0.2, 0) is 6.18 Å². The lowest BCUT2D eigenvalue weighted by molar-refractivity contribution is -0.137. The van der Waals surface area contributed by atoms with Gasteiger partial charge in [-0.1, -0.05) is 0 Å². The van der Waals surface area contributed by atoms with Crippen molar-refractivity contribution in [3.8, 4) is 0 Å². The van der Waals surface area contributed by atoms with Gasteiger partial charge < -0.3 is 9.80 Å². The van der Waals surface area contributed by atoms with Crippen molar-refractivity contribution in [1.29, 1.82) is 0 Å². The first-order valence-electron chi connectivity index (χ1n) is 6.79. The Morgan fingerprint density at radius 1 is 1.30 bits per heavy atom. The minimum atomic E-state index is -4.32. The number of aromatic nitrogens is 1. The minimum absolute atomic E-state index is 0.584. The van der Waals surface area contributed by atoms with Crippen molar-refractivity contribution >= 4 is 5.82 Å². The zero-order valence-electron chi connectivity index (χ0n) is 11.8. The molecule has 6 heteroatoms. The van der Waals surface area contributed by atoms with Crippen LogP contribution in [0.2, 0.25) is 0 Å². The van der Waals surface area contributed by atoms with Crippen LogP contribution < -0.4 is 4.90 Å². The Morgan fingerprint density at radius 3 is 2.45 bits per heavy atom. The molecule has 0 radical (unpaired) electrons. The van der Waals surface area contributed by atoms with Crippen LogP contribution >= 0.6 is 0 Å².